The summed E-state index contributed by atoms with van der Waals surface area (Å²) in [5.41, 5.74) is 4.91. The summed E-state index contributed by atoms with van der Waals surface area (Å²) in [5, 5.41) is 5.79. The highest BCUT2D eigenvalue weighted by molar-refractivity contribution is 7.88. The number of urea groups is 1. The van der Waals surface area contributed by atoms with Crippen LogP contribution in [0.4, 0.5) is 10.5 Å². The van der Waals surface area contributed by atoms with Crippen LogP contribution in [-0.2, 0) is 36.1 Å². The summed E-state index contributed by atoms with van der Waals surface area (Å²) in [6.45, 7) is 2.07. The molecule has 2 N–H and O–H groups in total. The topological polar surface area (TPSA) is 81.8 Å². The van der Waals surface area contributed by atoms with Crippen molar-refractivity contribution in [2.45, 2.75) is 26.1 Å². The third kappa shape index (κ3) is 5.79. The van der Waals surface area contributed by atoms with Gasteiger partial charge in [-0.1, -0.05) is 36.4 Å². The molecule has 0 saturated heterocycles. The highest BCUT2D eigenvalue weighted by Gasteiger charge is 2.24. The zero-order valence-electron chi connectivity index (χ0n) is 17.1. The van der Waals surface area contributed by atoms with E-state index >= 15 is 0 Å². The van der Waals surface area contributed by atoms with E-state index < -0.39 is 10.0 Å². The van der Waals surface area contributed by atoms with Gasteiger partial charge in [-0.05, 0) is 48.8 Å². The van der Waals surface area contributed by atoms with Crippen LogP contribution < -0.4 is 10.6 Å². The van der Waals surface area contributed by atoms with Crippen LogP contribution in [0.5, 0.6) is 0 Å². The van der Waals surface area contributed by atoms with E-state index in [-0.39, 0.29) is 6.03 Å². The highest BCUT2D eigenvalue weighted by Crippen LogP contribution is 2.27. The maximum atomic E-state index is 12.4. The van der Waals surface area contributed by atoms with E-state index in [4.69, 9.17) is 0 Å². The average Bonchev–Trinajstić information content (AvgIpc) is 2.66. The smallest absolute Gasteiger partial charge is 0.319 e. The maximum Gasteiger partial charge on any atom is 0.319 e. The molecule has 3 rings (SSSR count). The van der Waals surface area contributed by atoms with Gasteiger partial charge in [0, 0.05) is 31.9 Å². The third-order valence-electron chi connectivity index (χ3n) is 4.92. The molecule has 2 aromatic carbocycles. The Balaban J connectivity index is 1.59. The van der Waals surface area contributed by atoms with Crippen molar-refractivity contribution in [3.05, 3.63) is 64.7 Å². The molecule has 0 aromatic heterocycles. The summed E-state index contributed by atoms with van der Waals surface area (Å²) in [6.07, 6.45) is 1.80. The Hall–Kier alpha value is -2.42. The van der Waals surface area contributed by atoms with Gasteiger partial charge in [-0.2, -0.15) is 4.31 Å². The Morgan fingerprint density at radius 2 is 1.79 bits per heavy atom. The fraction of sp³-hybridized carbons (Fsp3) is 0.381. The minimum absolute atomic E-state index is 0.277. The number of carbonyl (C=O) groups excluding carboxylic acids is 1. The molecule has 156 valence electrons. The summed E-state index contributed by atoms with van der Waals surface area (Å²) in [7, 11) is 0.834. The quantitative estimate of drug-likeness (QED) is 0.758. The SMILES string of the molecule is CN(C)Cc1ccc(CNC(=O)Nc2cccc3c2CCN(S(C)(=O)=O)C3)cc1. The molecule has 0 bridgehead atoms. The van der Waals surface area contributed by atoms with Crippen molar-refractivity contribution in [1.29, 1.82) is 0 Å². The number of benzene rings is 2. The minimum Gasteiger partial charge on any atom is -0.334 e. The second-order valence-electron chi connectivity index (χ2n) is 7.65. The molecule has 0 radical (unpaired) electrons. The predicted molar refractivity (Wildman–Crippen MR) is 115 cm³/mol. The number of anilines is 1. The summed E-state index contributed by atoms with van der Waals surface area (Å²) in [5.74, 6) is 0. The Bertz CT molecular complexity index is 972. The van der Waals surface area contributed by atoms with E-state index in [2.05, 4.69) is 27.7 Å². The van der Waals surface area contributed by atoms with Gasteiger partial charge in [0.1, 0.15) is 0 Å². The fourth-order valence-electron chi connectivity index (χ4n) is 3.46. The van der Waals surface area contributed by atoms with Crippen LogP contribution in [-0.4, -0.2) is 50.5 Å². The van der Waals surface area contributed by atoms with Gasteiger partial charge in [-0.3, -0.25) is 0 Å². The molecule has 0 aliphatic carbocycles. The van der Waals surface area contributed by atoms with Gasteiger partial charge in [-0.25, -0.2) is 13.2 Å². The molecule has 1 aliphatic heterocycles. The van der Waals surface area contributed by atoms with E-state index in [9.17, 15) is 13.2 Å². The number of carbonyl (C=O) groups is 1. The van der Waals surface area contributed by atoms with Crippen molar-refractivity contribution in [2.75, 3.05) is 32.2 Å². The van der Waals surface area contributed by atoms with Crippen molar-refractivity contribution in [1.82, 2.24) is 14.5 Å². The number of sulfonamides is 1. The first-order valence-electron chi connectivity index (χ1n) is 9.55. The average molecular weight is 417 g/mol. The molecule has 0 atom stereocenters. The van der Waals surface area contributed by atoms with Crippen molar-refractivity contribution < 1.29 is 13.2 Å². The van der Waals surface area contributed by atoms with E-state index in [0.29, 0.717) is 26.1 Å². The van der Waals surface area contributed by atoms with Crippen molar-refractivity contribution in [2.24, 2.45) is 0 Å². The molecule has 0 spiro atoms. The van der Waals surface area contributed by atoms with Crippen molar-refractivity contribution in [3.8, 4) is 0 Å². The second-order valence-corrected chi connectivity index (χ2v) is 9.63. The van der Waals surface area contributed by atoms with Crippen LogP contribution in [0.3, 0.4) is 0 Å². The monoisotopic (exact) mass is 416 g/mol. The molecule has 2 aromatic rings. The van der Waals surface area contributed by atoms with Gasteiger partial charge in [0.15, 0.2) is 0 Å². The molecule has 1 heterocycles. The van der Waals surface area contributed by atoms with E-state index in [1.807, 2.05) is 44.4 Å². The molecule has 0 saturated carbocycles. The number of hydrogen-bond acceptors (Lipinski definition) is 4. The van der Waals surface area contributed by atoms with Crippen LogP contribution >= 0.6 is 0 Å². The van der Waals surface area contributed by atoms with Gasteiger partial charge < -0.3 is 15.5 Å². The number of rotatable bonds is 6. The Morgan fingerprint density at radius 3 is 2.45 bits per heavy atom. The van der Waals surface area contributed by atoms with Crippen LogP contribution in [0, 0.1) is 0 Å². The Kier molecular flexibility index (Phi) is 6.56. The maximum absolute atomic E-state index is 12.4. The van der Waals surface area contributed by atoms with Crippen LogP contribution in [0.25, 0.3) is 0 Å². The van der Waals surface area contributed by atoms with Gasteiger partial charge >= 0.3 is 6.03 Å². The van der Waals surface area contributed by atoms with E-state index in [1.165, 1.54) is 16.1 Å². The van der Waals surface area contributed by atoms with Gasteiger partial charge in [0.25, 0.3) is 0 Å². The van der Waals surface area contributed by atoms with Crippen LogP contribution in [0.2, 0.25) is 0 Å². The molecule has 0 unspecified atom stereocenters. The lowest BCUT2D eigenvalue weighted by Gasteiger charge is -2.28. The van der Waals surface area contributed by atoms with Crippen molar-refractivity contribution >= 4 is 21.7 Å². The molecular weight excluding hydrogens is 388 g/mol. The Labute approximate surface area is 172 Å². The number of nitrogens with zero attached hydrogens (tertiary/aromatic N) is 2. The van der Waals surface area contributed by atoms with E-state index in [1.54, 1.807) is 0 Å². The normalized spacial score (nSPS) is 14.5. The summed E-state index contributed by atoms with van der Waals surface area (Å²) in [4.78, 5) is 14.5. The molecule has 1 aliphatic rings. The van der Waals surface area contributed by atoms with Gasteiger partial charge in [0.05, 0.1) is 6.26 Å². The van der Waals surface area contributed by atoms with Gasteiger partial charge in [0.2, 0.25) is 10.0 Å². The number of nitrogens with one attached hydrogen (secondary N) is 2. The first-order chi connectivity index (χ1) is 13.7. The lowest BCUT2D eigenvalue weighted by atomic mass is 9.99. The van der Waals surface area contributed by atoms with E-state index in [0.717, 1.165) is 28.9 Å². The first-order valence-corrected chi connectivity index (χ1v) is 11.4. The summed E-state index contributed by atoms with van der Waals surface area (Å²) < 4.78 is 25.0. The van der Waals surface area contributed by atoms with Gasteiger partial charge in [-0.15, -0.1) is 0 Å². The van der Waals surface area contributed by atoms with Crippen LogP contribution in [0.1, 0.15) is 22.3 Å². The summed E-state index contributed by atoms with van der Waals surface area (Å²) >= 11 is 0. The Morgan fingerprint density at radius 1 is 1.10 bits per heavy atom. The fourth-order valence-corrected chi connectivity index (χ4v) is 4.26. The lowest BCUT2D eigenvalue weighted by molar-refractivity contribution is 0.251. The predicted octanol–water partition coefficient (Wildman–Crippen LogP) is 2.39. The first kappa shape index (κ1) is 21.3. The second kappa shape index (κ2) is 8.94. The largest absolute Gasteiger partial charge is 0.334 e. The minimum atomic E-state index is -3.22. The van der Waals surface area contributed by atoms with Crippen LogP contribution in [0.15, 0.2) is 42.5 Å². The molecular formula is C21H28N4O3S. The standard InChI is InChI=1S/C21H28N4O3S/c1-24(2)14-17-9-7-16(8-10-17)13-22-21(26)23-20-6-4-5-18-15-25(29(3,27)28)12-11-19(18)20/h4-10H,11-15H2,1-3H3,(H2,22,23,26). The highest BCUT2D eigenvalue weighted by atomic mass is 32.2. The molecule has 7 nitrogen and oxygen atoms in total. The molecule has 29 heavy (non-hydrogen) atoms. The zero-order valence-corrected chi connectivity index (χ0v) is 17.9. The zero-order chi connectivity index (χ0) is 21.0. The molecule has 8 heteroatoms. The number of fused-ring (bicyclic) bond motifs is 1. The lowest BCUT2D eigenvalue weighted by Crippen LogP contribution is -2.36. The molecule has 2 amide bonds. The number of amides is 2. The summed E-state index contributed by atoms with van der Waals surface area (Å²) in [6, 6.07) is 13.5. The third-order valence-corrected chi connectivity index (χ3v) is 6.17. The van der Waals surface area contributed by atoms with Crippen molar-refractivity contribution in [3.63, 3.8) is 0 Å². The number of hydrogen-bond donors (Lipinski definition) is 2. The molecule has 0 fully saturated rings.